The molecule has 0 radical (unpaired) electrons. The Morgan fingerprint density at radius 1 is 1.48 bits per heavy atom. The van der Waals surface area contributed by atoms with Gasteiger partial charge in [-0.2, -0.15) is 9.35 Å². The molecule has 14 heteroatoms. The molecule has 130 valence electrons. The van der Waals surface area contributed by atoms with Gasteiger partial charge in [-0.05, 0) is 12.8 Å². The first-order valence-corrected chi connectivity index (χ1v) is 9.02. The molecule has 25 heavy (non-hydrogen) atoms. The molecule has 3 amide bonds. The Bertz CT molecular complexity index is 785. The van der Waals surface area contributed by atoms with Crippen molar-refractivity contribution >= 4 is 39.5 Å². The zero-order chi connectivity index (χ0) is 17.5. The van der Waals surface area contributed by atoms with Gasteiger partial charge in [-0.25, -0.2) is 18.2 Å². The molecular formula is C11H12N5NaO6S2. The van der Waals surface area contributed by atoms with E-state index >= 15 is 0 Å². The van der Waals surface area contributed by atoms with Crippen LogP contribution in [0.2, 0.25) is 0 Å². The molecule has 2 atom stereocenters. The first kappa shape index (κ1) is 20.2. The second-order valence-electron chi connectivity index (χ2n) is 5.20. The monoisotopic (exact) mass is 397 g/mol. The maximum Gasteiger partial charge on any atom is 1.00 e. The van der Waals surface area contributed by atoms with Crippen molar-refractivity contribution in [3.8, 4) is 0 Å². The van der Waals surface area contributed by atoms with E-state index in [1.165, 1.54) is 11.1 Å². The third-order valence-corrected chi connectivity index (χ3v) is 4.82. The van der Waals surface area contributed by atoms with Gasteiger partial charge in [0, 0.05) is 18.1 Å². The average Bonchev–Trinajstić information content (AvgIpc) is 3.11. The van der Waals surface area contributed by atoms with E-state index in [1.807, 2.05) is 0 Å². The molecule has 1 aromatic rings. The fourth-order valence-electron chi connectivity index (χ4n) is 2.72. The van der Waals surface area contributed by atoms with Crippen LogP contribution in [-0.4, -0.2) is 64.3 Å². The minimum absolute atomic E-state index is 0. The molecule has 0 unspecified atom stereocenters. The normalized spacial score (nSPS) is 22.5. The van der Waals surface area contributed by atoms with Crippen LogP contribution in [0.4, 0.5) is 4.79 Å². The zero-order valence-electron chi connectivity index (χ0n) is 13.0. The minimum Gasteiger partial charge on any atom is -0.724 e. The van der Waals surface area contributed by atoms with Gasteiger partial charge in [-0.1, -0.05) is 0 Å². The Balaban J connectivity index is 0.00000225. The summed E-state index contributed by atoms with van der Waals surface area (Å²) in [5.74, 6) is -0.757. The fraction of sp³-hybridized carbons (Fsp3) is 0.455. The topological polar surface area (TPSA) is 156 Å². The third kappa shape index (κ3) is 4.36. The molecule has 0 aromatic carbocycles. The van der Waals surface area contributed by atoms with Gasteiger partial charge < -0.3 is 14.8 Å². The van der Waals surface area contributed by atoms with Crippen LogP contribution >= 0.6 is 11.3 Å². The van der Waals surface area contributed by atoms with Gasteiger partial charge in [0.15, 0.2) is 5.01 Å². The molecule has 0 saturated carbocycles. The van der Waals surface area contributed by atoms with Crippen LogP contribution in [0.25, 0.3) is 0 Å². The summed E-state index contributed by atoms with van der Waals surface area (Å²) >= 11 is 1.11. The zero-order valence-corrected chi connectivity index (χ0v) is 16.7. The number of rotatable bonds is 4. The van der Waals surface area contributed by atoms with Crippen molar-refractivity contribution in [3.63, 3.8) is 0 Å². The second kappa shape index (κ2) is 7.65. The van der Waals surface area contributed by atoms with Crippen molar-refractivity contribution in [2.24, 2.45) is 0 Å². The average molecular weight is 397 g/mol. The van der Waals surface area contributed by atoms with E-state index in [4.69, 9.17) is 5.41 Å². The number of amides is 3. The van der Waals surface area contributed by atoms with Crippen molar-refractivity contribution in [1.82, 2.24) is 20.3 Å². The molecule has 1 aromatic heterocycles. The van der Waals surface area contributed by atoms with Gasteiger partial charge in [0.25, 0.3) is 5.91 Å². The number of nitrogens with zero attached hydrogens (tertiary/aromatic N) is 3. The summed E-state index contributed by atoms with van der Waals surface area (Å²) in [6.07, 6.45) is 2.11. The molecule has 3 rings (SSSR count). The predicted molar refractivity (Wildman–Crippen MR) is 78.8 cm³/mol. The van der Waals surface area contributed by atoms with E-state index in [2.05, 4.69) is 14.6 Å². The molecule has 2 aliphatic heterocycles. The van der Waals surface area contributed by atoms with E-state index in [0.29, 0.717) is 17.9 Å². The number of aromatic nitrogens is 1. The Morgan fingerprint density at radius 2 is 2.20 bits per heavy atom. The van der Waals surface area contributed by atoms with E-state index in [1.54, 1.807) is 5.38 Å². The summed E-state index contributed by atoms with van der Waals surface area (Å²) in [6, 6.07) is -2.14. The van der Waals surface area contributed by atoms with E-state index < -0.39 is 34.4 Å². The Kier molecular flexibility index (Phi) is 6.19. The minimum atomic E-state index is -5.07. The van der Waals surface area contributed by atoms with E-state index in [-0.39, 0.29) is 46.9 Å². The first-order valence-electron chi connectivity index (χ1n) is 6.81. The molecule has 2 bridgehead atoms. The molecule has 2 aliphatic rings. The molecule has 0 spiro atoms. The Hall–Kier alpha value is -1.09. The van der Waals surface area contributed by atoms with Gasteiger partial charge in [-0.3, -0.25) is 10.2 Å². The largest absolute Gasteiger partial charge is 1.00 e. The van der Waals surface area contributed by atoms with E-state index in [9.17, 15) is 22.6 Å². The summed E-state index contributed by atoms with van der Waals surface area (Å²) in [7, 11) is -5.07. The van der Waals surface area contributed by atoms with Gasteiger partial charge in [0.05, 0.1) is 12.1 Å². The number of hydroxylamine groups is 2. The number of urea groups is 1. The molecule has 2 N–H and O–H groups in total. The number of amidine groups is 1. The molecule has 2 fully saturated rings. The number of carbonyl (C=O) groups is 2. The van der Waals surface area contributed by atoms with Crippen LogP contribution in [0, 0.1) is 5.41 Å². The molecule has 0 aliphatic carbocycles. The number of carbonyl (C=O) groups excluding carboxylic acids is 2. The summed E-state index contributed by atoms with van der Waals surface area (Å²) < 4.78 is 36.3. The Morgan fingerprint density at radius 3 is 2.80 bits per heavy atom. The standard InChI is InChI=1S/C11H13N5O6S2.Na/c12-8(14-9(17)10-13-3-4-23-10)7-2-1-6-5-15(7)11(18)16(6)22-24(19,20)21;/h3-4,6-7H,1-2,5H2,(H2,12,14,17)(H,19,20,21);/q;+1/p-1/t6-,7+;/m1./s1. The maximum absolute atomic E-state index is 12.2. The molecule has 3 heterocycles. The number of hydrogen-bond donors (Lipinski definition) is 2. The predicted octanol–water partition coefficient (Wildman–Crippen LogP) is -3.49. The summed E-state index contributed by atoms with van der Waals surface area (Å²) in [4.78, 5) is 29.2. The number of piperidine rings is 1. The van der Waals surface area contributed by atoms with Crippen LogP contribution in [0.1, 0.15) is 22.6 Å². The molecule has 11 nitrogen and oxygen atoms in total. The van der Waals surface area contributed by atoms with Crippen molar-refractivity contribution in [2.45, 2.75) is 24.9 Å². The number of thiazole rings is 1. The molecule has 2 saturated heterocycles. The molecular weight excluding hydrogens is 385 g/mol. The Labute approximate surface area is 169 Å². The van der Waals surface area contributed by atoms with Crippen LogP contribution in [0.3, 0.4) is 0 Å². The maximum atomic E-state index is 12.2. The van der Waals surface area contributed by atoms with Gasteiger partial charge in [-0.15, -0.1) is 11.3 Å². The number of hydrogen-bond acceptors (Lipinski definition) is 9. The SMILES string of the molecule is N=C(NC(=O)c1nccs1)[C@@H]1CC[C@@H]2CN1C(=O)N2OS(=O)(=O)[O-].[Na+]. The number of nitrogens with one attached hydrogen (secondary N) is 2. The van der Waals surface area contributed by atoms with Crippen LogP contribution in [0.15, 0.2) is 11.6 Å². The van der Waals surface area contributed by atoms with Gasteiger partial charge >= 0.3 is 35.6 Å². The fourth-order valence-corrected chi connectivity index (χ4v) is 3.64. The van der Waals surface area contributed by atoms with E-state index in [0.717, 1.165) is 11.3 Å². The van der Waals surface area contributed by atoms with Crippen LogP contribution in [0.5, 0.6) is 0 Å². The van der Waals surface area contributed by atoms with Crippen molar-refractivity contribution in [1.29, 1.82) is 5.41 Å². The van der Waals surface area contributed by atoms with Crippen molar-refractivity contribution in [3.05, 3.63) is 16.6 Å². The summed E-state index contributed by atoms with van der Waals surface area (Å²) in [5, 5.41) is 12.7. The quantitative estimate of drug-likeness (QED) is 0.176. The van der Waals surface area contributed by atoms with Gasteiger partial charge in [0.1, 0.15) is 5.84 Å². The van der Waals surface area contributed by atoms with Crippen LogP contribution < -0.4 is 34.9 Å². The summed E-state index contributed by atoms with van der Waals surface area (Å²) in [5.41, 5.74) is 0. The van der Waals surface area contributed by atoms with Crippen LogP contribution in [-0.2, 0) is 14.7 Å². The van der Waals surface area contributed by atoms with Crippen molar-refractivity contribution < 1.29 is 56.4 Å². The van der Waals surface area contributed by atoms with Crippen molar-refractivity contribution in [2.75, 3.05) is 6.54 Å². The third-order valence-electron chi connectivity index (χ3n) is 3.70. The number of fused-ring (bicyclic) bond motifs is 2. The van der Waals surface area contributed by atoms with Gasteiger partial charge in [0.2, 0.25) is 10.4 Å². The second-order valence-corrected chi connectivity index (χ2v) is 7.06. The smallest absolute Gasteiger partial charge is 0.724 e. The summed E-state index contributed by atoms with van der Waals surface area (Å²) in [6.45, 7) is 0.106. The first-order chi connectivity index (χ1) is 11.3.